The number of hydrogen-bond acceptors (Lipinski definition) is 9. The largest absolute Gasteiger partial charge is 0.497 e. The van der Waals surface area contributed by atoms with Gasteiger partial charge in [0.25, 0.3) is 11.5 Å². The number of carbonyl (C=O) groups excluding carboxylic acids is 2. The molecule has 3 aromatic heterocycles. The molecule has 0 aliphatic heterocycles. The van der Waals surface area contributed by atoms with E-state index in [1.165, 1.54) is 10.9 Å². The number of nitrogens with zero attached hydrogens (tertiary/aromatic N) is 4. The van der Waals surface area contributed by atoms with Crippen molar-refractivity contribution < 1.29 is 23.8 Å². The number of nitrogens with one attached hydrogen (secondary N) is 1. The van der Waals surface area contributed by atoms with Crippen molar-refractivity contribution in [2.24, 2.45) is 11.7 Å². The summed E-state index contributed by atoms with van der Waals surface area (Å²) in [5.74, 6) is 0.669. The summed E-state index contributed by atoms with van der Waals surface area (Å²) in [5.41, 5.74) is 7.02. The maximum Gasteiger partial charge on any atom is 0.323 e. The van der Waals surface area contributed by atoms with Crippen LogP contribution in [0.25, 0.3) is 16.6 Å². The molecule has 5 aromatic rings. The predicted octanol–water partition coefficient (Wildman–Crippen LogP) is 4.86. The van der Waals surface area contributed by atoms with E-state index < -0.39 is 29.6 Å². The maximum absolute atomic E-state index is 13.7. The number of ether oxygens (including phenoxy) is 3. The second kappa shape index (κ2) is 13.7. The lowest BCUT2D eigenvalue weighted by Gasteiger charge is -2.21. The lowest BCUT2D eigenvalue weighted by molar-refractivity contribution is -0.151. The highest BCUT2D eigenvalue weighted by atomic mass is 16.5. The van der Waals surface area contributed by atoms with Gasteiger partial charge in [0.1, 0.15) is 40.8 Å². The van der Waals surface area contributed by atoms with E-state index in [9.17, 15) is 14.4 Å². The number of pyridine rings is 2. The van der Waals surface area contributed by atoms with E-state index in [2.05, 4.69) is 15.3 Å². The van der Waals surface area contributed by atoms with Crippen molar-refractivity contribution in [3.8, 4) is 22.9 Å². The van der Waals surface area contributed by atoms with Crippen LogP contribution in [0.4, 0.5) is 5.82 Å². The summed E-state index contributed by atoms with van der Waals surface area (Å²) in [6.07, 6.45) is 2.48. The van der Waals surface area contributed by atoms with E-state index >= 15 is 0 Å². The highest BCUT2D eigenvalue weighted by molar-refractivity contribution is 6.04. The number of fused-ring (bicyclic) bond motifs is 1. The fraction of sp³-hybridized carbons (Fsp3) is 0.265. The zero-order valence-electron chi connectivity index (χ0n) is 26.3. The van der Waals surface area contributed by atoms with Gasteiger partial charge in [-0.25, -0.2) is 9.67 Å². The molecule has 2 atom stereocenters. The third-order valence-electron chi connectivity index (χ3n) is 7.48. The Morgan fingerprint density at radius 3 is 2.39 bits per heavy atom. The van der Waals surface area contributed by atoms with Crippen molar-refractivity contribution >= 4 is 28.6 Å². The topological polar surface area (TPSA) is 153 Å². The van der Waals surface area contributed by atoms with Gasteiger partial charge >= 0.3 is 5.97 Å². The van der Waals surface area contributed by atoms with Crippen LogP contribution in [0.15, 0.2) is 83.9 Å². The molecule has 0 aliphatic carbocycles. The van der Waals surface area contributed by atoms with Crippen molar-refractivity contribution in [2.45, 2.75) is 46.4 Å². The highest BCUT2D eigenvalue weighted by Crippen LogP contribution is 2.31. The molecule has 0 aliphatic rings. The third kappa shape index (κ3) is 6.76. The molecule has 12 nitrogen and oxygen atoms in total. The van der Waals surface area contributed by atoms with Crippen LogP contribution in [-0.2, 0) is 16.1 Å². The number of carbonyl (C=O) groups is 2. The van der Waals surface area contributed by atoms with Crippen LogP contribution in [0.5, 0.6) is 17.2 Å². The molecule has 1 amide bonds. The Kier molecular flexibility index (Phi) is 9.47. The number of nitrogens with two attached hydrogens (primary N) is 1. The Bertz CT molecular complexity index is 1920. The van der Waals surface area contributed by atoms with Crippen LogP contribution in [0.3, 0.4) is 0 Å². The minimum atomic E-state index is -0.775. The fourth-order valence-electron chi connectivity index (χ4n) is 4.92. The Balaban J connectivity index is 1.37. The lowest BCUT2D eigenvalue weighted by atomic mass is 10.1. The first kappa shape index (κ1) is 31.9. The molecule has 0 bridgehead atoms. The number of benzene rings is 2. The average molecular weight is 625 g/mol. The molecule has 12 heteroatoms. The molecule has 5 rings (SSSR count). The smallest absolute Gasteiger partial charge is 0.323 e. The van der Waals surface area contributed by atoms with E-state index in [-0.39, 0.29) is 23.8 Å². The van der Waals surface area contributed by atoms with Crippen molar-refractivity contribution in [1.29, 1.82) is 0 Å². The van der Waals surface area contributed by atoms with Crippen LogP contribution >= 0.6 is 0 Å². The number of rotatable bonds is 11. The number of aromatic nitrogens is 4. The monoisotopic (exact) mass is 624 g/mol. The van der Waals surface area contributed by atoms with Gasteiger partial charge in [0.2, 0.25) is 0 Å². The summed E-state index contributed by atoms with van der Waals surface area (Å²) in [6.45, 7) is 7.16. The standard InChI is InChI=1S/C34H36N6O6/c1-20(2)31(35)34(43)45-21(3)19-39-22(4)30(33(42)40(39)23-9-7-6-8-10-23)32(41)38-29-14-12-25(18-37-29)46-28-15-16-36-27-17-24(44-5)11-13-26(27)28/h6-18,20-21,31H,19,35H2,1-5H3,(H,37,38,41). The maximum atomic E-state index is 13.7. The number of para-hydroxylation sites is 1. The van der Waals surface area contributed by atoms with Gasteiger partial charge in [0.15, 0.2) is 0 Å². The Morgan fingerprint density at radius 2 is 1.72 bits per heavy atom. The van der Waals surface area contributed by atoms with E-state index in [0.717, 1.165) is 5.39 Å². The summed E-state index contributed by atoms with van der Waals surface area (Å²) in [4.78, 5) is 48.5. The number of hydrogen-bond donors (Lipinski definition) is 2. The first-order valence-corrected chi connectivity index (χ1v) is 14.8. The molecule has 3 heterocycles. The first-order valence-electron chi connectivity index (χ1n) is 14.8. The van der Waals surface area contributed by atoms with Crippen LogP contribution in [0, 0.1) is 12.8 Å². The van der Waals surface area contributed by atoms with Gasteiger partial charge in [-0.3, -0.25) is 24.0 Å². The fourth-order valence-corrected chi connectivity index (χ4v) is 4.92. The molecule has 2 aromatic carbocycles. The summed E-state index contributed by atoms with van der Waals surface area (Å²) in [5, 5.41) is 3.51. The number of esters is 1. The highest BCUT2D eigenvalue weighted by Gasteiger charge is 2.27. The minimum Gasteiger partial charge on any atom is -0.497 e. The van der Waals surface area contributed by atoms with Crippen molar-refractivity contribution in [3.63, 3.8) is 0 Å². The van der Waals surface area contributed by atoms with E-state index in [1.807, 2.05) is 38.1 Å². The van der Waals surface area contributed by atoms with Gasteiger partial charge < -0.3 is 25.3 Å². The zero-order chi connectivity index (χ0) is 33.0. The molecule has 0 radical (unpaired) electrons. The minimum absolute atomic E-state index is 0.0675. The normalized spacial score (nSPS) is 12.5. The number of methoxy groups -OCH3 is 1. The molecule has 3 N–H and O–H groups in total. The second-order valence-corrected chi connectivity index (χ2v) is 11.1. The van der Waals surface area contributed by atoms with Crippen LogP contribution in [0.1, 0.15) is 36.8 Å². The number of amides is 1. The quantitative estimate of drug-likeness (QED) is 0.196. The van der Waals surface area contributed by atoms with Gasteiger partial charge in [-0.15, -0.1) is 0 Å². The van der Waals surface area contributed by atoms with E-state index in [0.29, 0.717) is 34.1 Å². The summed E-state index contributed by atoms with van der Waals surface area (Å²) in [7, 11) is 1.59. The molecule has 0 fully saturated rings. The van der Waals surface area contributed by atoms with E-state index in [4.69, 9.17) is 19.9 Å². The summed E-state index contributed by atoms with van der Waals surface area (Å²) < 4.78 is 19.9. The molecule has 0 spiro atoms. The molecule has 46 heavy (non-hydrogen) atoms. The van der Waals surface area contributed by atoms with Crippen molar-refractivity contribution in [3.05, 3.63) is 101 Å². The van der Waals surface area contributed by atoms with Crippen LogP contribution in [-0.4, -0.2) is 50.5 Å². The average Bonchev–Trinajstić information content (AvgIpc) is 3.29. The van der Waals surface area contributed by atoms with Crippen molar-refractivity contribution in [2.75, 3.05) is 12.4 Å². The lowest BCUT2D eigenvalue weighted by Crippen LogP contribution is -2.39. The van der Waals surface area contributed by atoms with Gasteiger partial charge in [-0.1, -0.05) is 32.0 Å². The molecular formula is C34H36N6O6. The molecular weight excluding hydrogens is 588 g/mol. The van der Waals surface area contributed by atoms with E-state index in [1.54, 1.807) is 74.3 Å². The van der Waals surface area contributed by atoms with Crippen LogP contribution in [0.2, 0.25) is 0 Å². The molecule has 238 valence electrons. The van der Waals surface area contributed by atoms with Gasteiger partial charge in [-0.05, 0) is 62.2 Å². The Labute approximate surface area is 265 Å². The Hall–Kier alpha value is -5.49. The van der Waals surface area contributed by atoms with Crippen molar-refractivity contribution in [1.82, 2.24) is 19.3 Å². The second-order valence-electron chi connectivity index (χ2n) is 11.1. The van der Waals surface area contributed by atoms with Crippen LogP contribution < -0.4 is 26.1 Å². The first-order chi connectivity index (χ1) is 22.1. The molecule has 2 unspecified atom stereocenters. The van der Waals surface area contributed by atoms with Gasteiger partial charge in [-0.2, -0.15) is 0 Å². The summed E-state index contributed by atoms with van der Waals surface area (Å²) >= 11 is 0. The predicted molar refractivity (Wildman–Crippen MR) is 174 cm³/mol. The third-order valence-corrected chi connectivity index (χ3v) is 7.48. The van der Waals surface area contributed by atoms with Gasteiger partial charge in [0.05, 0.1) is 36.7 Å². The number of anilines is 1. The SMILES string of the molecule is COc1ccc2c(Oc3ccc(NC(=O)c4c(C)n(CC(C)OC(=O)C(N)C(C)C)n(-c5ccccc5)c4=O)nc3)ccnc2c1. The molecule has 0 saturated heterocycles. The summed E-state index contributed by atoms with van der Waals surface area (Å²) in [6, 6.07) is 18.6. The van der Waals surface area contributed by atoms with Gasteiger partial charge in [0, 0.05) is 17.6 Å². The molecule has 0 saturated carbocycles. The Morgan fingerprint density at radius 1 is 0.978 bits per heavy atom. The zero-order valence-corrected chi connectivity index (χ0v) is 26.3.